The Morgan fingerprint density at radius 1 is 1.10 bits per heavy atom. The summed E-state index contributed by atoms with van der Waals surface area (Å²) in [6.45, 7) is 1.35. The van der Waals surface area contributed by atoms with Crippen molar-refractivity contribution in [3.63, 3.8) is 0 Å². The van der Waals surface area contributed by atoms with E-state index >= 15 is 0 Å². The summed E-state index contributed by atoms with van der Waals surface area (Å²) in [6.07, 6.45) is 0. The van der Waals surface area contributed by atoms with Crippen LogP contribution in [0.5, 0.6) is 0 Å². The molecule has 0 aliphatic heterocycles. The number of sulfonamides is 1. The summed E-state index contributed by atoms with van der Waals surface area (Å²) in [7, 11) is -2.55. The SMILES string of the molecule is COCCNCCNS(=O)(=O)c1cc(F)c(F)c(F)c1.Cl. The van der Waals surface area contributed by atoms with Crippen LogP contribution < -0.4 is 10.0 Å². The van der Waals surface area contributed by atoms with Crippen LogP contribution in [-0.4, -0.2) is 41.8 Å². The van der Waals surface area contributed by atoms with Gasteiger partial charge >= 0.3 is 0 Å². The highest BCUT2D eigenvalue weighted by atomic mass is 35.5. The molecule has 122 valence electrons. The van der Waals surface area contributed by atoms with Crippen molar-refractivity contribution in [1.82, 2.24) is 10.0 Å². The van der Waals surface area contributed by atoms with Crippen molar-refractivity contribution in [1.29, 1.82) is 0 Å². The first-order valence-corrected chi connectivity index (χ1v) is 7.20. The molecule has 0 saturated carbocycles. The molecule has 0 fully saturated rings. The van der Waals surface area contributed by atoms with Crippen LogP contribution in [0.2, 0.25) is 0 Å². The number of benzene rings is 1. The van der Waals surface area contributed by atoms with Crippen molar-refractivity contribution in [3.8, 4) is 0 Å². The van der Waals surface area contributed by atoms with E-state index in [-0.39, 0.29) is 19.0 Å². The average molecular weight is 349 g/mol. The lowest BCUT2D eigenvalue weighted by Crippen LogP contribution is -2.33. The van der Waals surface area contributed by atoms with E-state index in [2.05, 4.69) is 10.0 Å². The quantitative estimate of drug-likeness (QED) is 0.544. The van der Waals surface area contributed by atoms with Crippen LogP contribution in [0.3, 0.4) is 0 Å². The number of hydrogen-bond acceptors (Lipinski definition) is 4. The highest BCUT2D eigenvalue weighted by Gasteiger charge is 2.19. The second kappa shape index (κ2) is 9.21. The molecule has 1 aromatic rings. The van der Waals surface area contributed by atoms with E-state index in [9.17, 15) is 21.6 Å². The van der Waals surface area contributed by atoms with Crippen molar-refractivity contribution in [2.75, 3.05) is 33.4 Å². The molecule has 1 aromatic carbocycles. The molecule has 0 heterocycles. The minimum atomic E-state index is -4.08. The van der Waals surface area contributed by atoms with Crippen LogP contribution in [0.1, 0.15) is 0 Å². The molecule has 0 unspecified atom stereocenters. The average Bonchev–Trinajstić information content (AvgIpc) is 2.39. The van der Waals surface area contributed by atoms with E-state index < -0.39 is 32.4 Å². The van der Waals surface area contributed by atoms with Crippen LogP contribution in [-0.2, 0) is 14.8 Å². The smallest absolute Gasteiger partial charge is 0.240 e. The second-order valence-electron chi connectivity index (χ2n) is 3.84. The first-order chi connectivity index (χ1) is 9.38. The normalized spacial score (nSPS) is 11.2. The molecule has 5 nitrogen and oxygen atoms in total. The molecule has 0 spiro atoms. The molecule has 0 amide bonds. The molecule has 1 rings (SSSR count). The molecule has 0 aliphatic rings. The molecule has 0 bridgehead atoms. The highest BCUT2D eigenvalue weighted by molar-refractivity contribution is 7.89. The molecular formula is C11H16ClF3N2O3S. The number of methoxy groups -OCH3 is 1. The Balaban J connectivity index is 0.00000400. The lowest BCUT2D eigenvalue weighted by Gasteiger charge is -2.08. The maximum atomic E-state index is 13.0. The van der Waals surface area contributed by atoms with Crippen molar-refractivity contribution in [2.24, 2.45) is 0 Å². The van der Waals surface area contributed by atoms with Crippen LogP contribution in [0.25, 0.3) is 0 Å². The number of nitrogens with one attached hydrogen (secondary N) is 2. The van der Waals surface area contributed by atoms with Crippen LogP contribution in [0.15, 0.2) is 17.0 Å². The third-order valence-corrected chi connectivity index (χ3v) is 3.78. The van der Waals surface area contributed by atoms with Gasteiger partial charge in [-0.25, -0.2) is 26.3 Å². The first-order valence-electron chi connectivity index (χ1n) is 5.72. The van der Waals surface area contributed by atoms with E-state index in [0.29, 0.717) is 31.8 Å². The van der Waals surface area contributed by atoms with Crippen molar-refractivity contribution >= 4 is 22.4 Å². The number of ether oxygens (including phenoxy) is 1. The Labute approximate surface area is 127 Å². The molecule has 10 heteroatoms. The number of hydrogen-bond donors (Lipinski definition) is 2. The third kappa shape index (κ3) is 6.18. The topological polar surface area (TPSA) is 67.4 Å². The molecule has 0 aliphatic carbocycles. The van der Waals surface area contributed by atoms with Crippen molar-refractivity contribution in [3.05, 3.63) is 29.6 Å². The number of rotatable bonds is 8. The largest absolute Gasteiger partial charge is 0.383 e. The van der Waals surface area contributed by atoms with Gasteiger partial charge in [-0.15, -0.1) is 12.4 Å². The van der Waals surface area contributed by atoms with Gasteiger partial charge in [0.2, 0.25) is 10.0 Å². The van der Waals surface area contributed by atoms with Gasteiger partial charge in [0.1, 0.15) is 0 Å². The molecular weight excluding hydrogens is 333 g/mol. The fourth-order valence-corrected chi connectivity index (χ4v) is 2.40. The lowest BCUT2D eigenvalue weighted by molar-refractivity contribution is 0.199. The molecule has 2 N–H and O–H groups in total. The Morgan fingerprint density at radius 2 is 1.67 bits per heavy atom. The fourth-order valence-electron chi connectivity index (χ4n) is 1.34. The maximum Gasteiger partial charge on any atom is 0.240 e. The number of halogens is 4. The van der Waals surface area contributed by atoms with Crippen molar-refractivity contribution in [2.45, 2.75) is 4.90 Å². The van der Waals surface area contributed by atoms with Gasteiger partial charge in [-0.3, -0.25) is 0 Å². The highest BCUT2D eigenvalue weighted by Crippen LogP contribution is 2.17. The Hall–Kier alpha value is -0.870. The predicted molar refractivity (Wildman–Crippen MR) is 73.5 cm³/mol. The Bertz CT molecular complexity index is 535. The second-order valence-corrected chi connectivity index (χ2v) is 5.61. The monoisotopic (exact) mass is 348 g/mol. The van der Waals surface area contributed by atoms with Crippen LogP contribution >= 0.6 is 12.4 Å². The van der Waals surface area contributed by atoms with E-state index in [0.717, 1.165) is 0 Å². The zero-order chi connectivity index (χ0) is 15.2. The zero-order valence-electron chi connectivity index (χ0n) is 11.2. The van der Waals surface area contributed by atoms with E-state index in [1.54, 1.807) is 0 Å². The van der Waals surface area contributed by atoms with Gasteiger partial charge in [-0.2, -0.15) is 0 Å². The van der Waals surface area contributed by atoms with Gasteiger partial charge in [0, 0.05) is 26.7 Å². The van der Waals surface area contributed by atoms with Gasteiger partial charge < -0.3 is 10.1 Å². The van der Waals surface area contributed by atoms with Gasteiger partial charge in [0.05, 0.1) is 11.5 Å². The minimum absolute atomic E-state index is 0. The third-order valence-electron chi connectivity index (χ3n) is 2.34. The minimum Gasteiger partial charge on any atom is -0.383 e. The molecule has 0 saturated heterocycles. The van der Waals surface area contributed by atoms with Gasteiger partial charge in [-0.05, 0) is 12.1 Å². The summed E-state index contributed by atoms with van der Waals surface area (Å²) in [5.41, 5.74) is 0. The molecule has 0 radical (unpaired) electrons. The predicted octanol–water partition coefficient (Wildman–Crippen LogP) is 1.04. The summed E-state index contributed by atoms with van der Waals surface area (Å²) in [6, 6.07) is 0.859. The van der Waals surface area contributed by atoms with Crippen molar-refractivity contribution < 1.29 is 26.3 Å². The van der Waals surface area contributed by atoms with E-state index in [4.69, 9.17) is 4.74 Å². The van der Waals surface area contributed by atoms with Gasteiger partial charge in [0.25, 0.3) is 0 Å². The summed E-state index contributed by atoms with van der Waals surface area (Å²) in [5.74, 6) is -4.81. The Kier molecular flexibility index (Phi) is 8.83. The summed E-state index contributed by atoms with van der Waals surface area (Å²) < 4.78 is 69.0. The summed E-state index contributed by atoms with van der Waals surface area (Å²) >= 11 is 0. The summed E-state index contributed by atoms with van der Waals surface area (Å²) in [4.78, 5) is -0.661. The van der Waals surface area contributed by atoms with Crippen LogP contribution in [0.4, 0.5) is 13.2 Å². The molecule has 0 aromatic heterocycles. The van der Waals surface area contributed by atoms with Gasteiger partial charge in [0.15, 0.2) is 17.5 Å². The van der Waals surface area contributed by atoms with Crippen LogP contribution in [0, 0.1) is 17.5 Å². The summed E-state index contributed by atoms with van der Waals surface area (Å²) in [5, 5.41) is 2.88. The van der Waals surface area contributed by atoms with E-state index in [1.807, 2.05) is 0 Å². The first kappa shape index (κ1) is 20.1. The van der Waals surface area contributed by atoms with Gasteiger partial charge in [-0.1, -0.05) is 0 Å². The maximum absolute atomic E-state index is 13.0. The zero-order valence-corrected chi connectivity index (χ0v) is 12.8. The molecule has 0 atom stereocenters. The standard InChI is InChI=1S/C11H15F3N2O3S.ClH/c1-19-5-4-15-2-3-16-20(17,18)8-6-9(12)11(14)10(13)7-8;/h6-7,15-16H,2-5H2,1H3;1H. The lowest BCUT2D eigenvalue weighted by atomic mass is 10.3. The fraction of sp³-hybridized carbons (Fsp3) is 0.455. The van der Waals surface area contributed by atoms with E-state index in [1.165, 1.54) is 7.11 Å². The molecule has 21 heavy (non-hydrogen) atoms. The Morgan fingerprint density at radius 3 is 2.19 bits per heavy atom.